The minimum absolute atomic E-state index is 0.0949. The van der Waals surface area contributed by atoms with Crippen LogP contribution in [0.3, 0.4) is 0 Å². The van der Waals surface area contributed by atoms with E-state index in [-0.39, 0.29) is 11.3 Å². The zero-order valence-electron chi connectivity index (χ0n) is 8.58. The molecule has 0 spiro atoms. The second kappa shape index (κ2) is 4.67. The number of carboxylic acid groups (broad SMARTS) is 1. The molecular formula is C11H12O5. The highest BCUT2D eigenvalue weighted by atomic mass is 16.4. The highest BCUT2D eigenvalue weighted by Crippen LogP contribution is 2.36. The van der Waals surface area contributed by atoms with Crippen LogP contribution in [0.4, 0.5) is 0 Å². The molecule has 0 aliphatic carbocycles. The second-order valence-corrected chi connectivity index (χ2v) is 3.28. The van der Waals surface area contributed by atoms with Gasteiger partial charge in [0, 0.05) is 11.6 Å². The fraction of sp³-hybridized carbons (Fsp3) is 0.182. The van der Waals surface area contributed by atoms with Crippen molar-refractivity contribution in [3.05, 3.63) is 29.3 Å². The molecule has 0 aliphatic rings. The highest BCUT2D eigenvalue weighted by molar-refractivity contribution is 5.86. The number of carbonyl (C=O) groups is 1. The number of hydrogen-bond acceptors (Lipinski definition) is 4. The van der Waals surface area contributed by atoms with E-state index < -0.39 is 17.8 Å². The Balaban J connectivity index is 3.29. The number of hydrogen-bond donors (Lipinski definition) is 4. The molecule has 0 heterocycles. The fourth-order valence-corrected chi connectivity index (χ4v) is 1.36. The summed E-state index contributed by atoms with van der Waals surface area (Å²) in [6.07, 6.45) is 1.11. The number of phenolic OH excluding ortho intramolecular Hbond substituents is 2. The van der Waals surface area contributed by atoms with Gasteiger partial charge < -0.3 is 20.4 Å². The van der Waals surface area contributed by atoms with Gasteiger partial charge in [0.05, 0.1) is 6.10 Å². The Morgan fingerprint density at radius 3 is 2.50 bits per heavy atom. The maximum absolute atomic E-state index is 10.3. The molecule has 86 valence electrons. The molecule has 5 heteroatoms. The summed E-state index contributed by atoms with van der Waals surface area (Å²) < 4.78 is 0. The summed E-state index contributed by atoms with van der Waals surface area (Å²) in [7, 11) is 0. The number of aromatic hydroxyl groups is 2. The van der Waals surface area contributed by atoms with Gasteiger partial charge in [-0.15, -0.1) is 0 Å². The molecule has 5 nitrogen and oxygen atoms in total. The maximum Gasteiger partial charge on any atom is 0.328 e. The van der Waals surface area contributed by atoms with Gasteiger partial charge in [-0.3, -0.25) is 0 Å². The van der Waals surface area contributed by atoms with Crippen LogP contribution in [0.25, 0.3) is 6.08 Å². The van der Waals surface area contributed by atoms with E-state index in [0.717, 1.165) is 6.08 Å². The molecule has 0 bridgehead atoms. The number of phenols is 2. The van der Waals surface area contributed by atoms with Crippen LogP contribution in [0, 0.1) is 0 Å². The van der Waals surface area contributed by atoms with Crippen LogP contribution in [-0.4, -0.2) is 26.4 Å². The molecule has 0 fully saturated rings. The van der Waals surface area contributed by atoms with E-state index in [9.17, 15) is 20.1 Å². The molecule has 1 aromatic carbocycles. The monoisotopic (exact) mass is 224 g/mol. The molecule has 0 saturated carbocycles. The zero-order chi connectivity index (χ0) is 12.3. The third kappa shape index (κ3) is 2.52. The van der Waals surface area contributed by atoms with Crippen molar-refractivity contribution in [2.45, 2.75) is 13.0 Å². The number of rotatable bonds is 3. The normalized spacial score (nSPS) is 12.9. The summed E-state index contributed by atoms with van der Waals surface area (Å²) in [5, 5.41) is 36.7. The Kier molecular flexibility index (Phi) is 3.52. The standard InChI is InChI=1S/C11H12O5/c1-6(12)10-7(3-5-9(14)15)2-4-8(13)11(10)16/h2-6,12-13,16H,1H3,(H,14,15)/b5-3+. The van der Waals surface area contributed by atoms with Gasteiger partial charge in [-0.25, -0.2) is 4.79 Å². The molecule has 1 unspecified atom stereocenters. The average molecular weight is 224 g/mol. The quantitative estimate of drug-likeness (QED) is 0.457. The summed E-state index contributed by atoms with van der Waals surface area (Å²) in [6.45, 7) is 1.41. The molecule has 4 N–H and O–H groups in total. The lowest BCUT2D eigenvalue weighted by Gasteiger charge is -2.12. The van der Waals surface area contributed by atoms with Crippen molar-refractivity contribution < 1.29 is 25.2 Å². The number of benzene rings is 1. The van der Waals surface area contributed by atoms with Crippen LogP contribution in [0.1, 0.15) is 24.2 Å². The van der Waals surface area contributed by atoms with Crippen molar-refractivity contribution in [1.82, 2.24) is 0 Å². The third-order valence-corrected chi connectivity index (χ3v) is 2.05. The van der Waals surface area contributed by atoms with Gasteiger partial charge >= 0.3 is 5.97 Å². The molecule has 1 atom stereocenters. The highest BCUT2D eigenvalue weighted by Gasteiger charge is 2.15. The molecule has 0 radical (unpaired) electrons. The van der Waals surface area contributed by atoms with Crippen LogP contribution in [-0.2, 0) is 4.79 Å². The summed E-state index contributed by atoms with van der Waals surface area (Å²) in [6, 6.07) is 2.64. The zero-order valence-corrected chi connectivity index (χ0v) is 8.58. The van der Waals surface area contributed by atoms with Gasteiger partial charge in [-0.05, 0) is 24.6 Å². The van der Waals surface area contributed by atoms with Gasteiger partial charge in [-0.1, -0.05) is 6.07 Å². The lowest BCUT2D eigenvalue weighted by molar-refractivity contribution is -0.131. The topological polar surface area (TPSA) is 98.0 Å². The van der Waals surface area contributed by atoms with Crippen molar-refractivity contribution in [2.75, 3.05) is 0 Å². The van der Waals surface area contributed by atoms with Crippen LogP contribution in [0.5, 0.6) is 11.5 Å². The van der Waals surface area contributed by atoms with E-state index in [1.54, 1.807) is 0 Å². The minimum atomic E-state index is -1.14. The molecule has 1 aromatic rings. The van der Waals surface area contributed by atoms with Gasteiger partial charge in [0.1, 0.15) is 0 Å². The average Bonchev–Trinajstić information content (AvgIpc) is 2.19. The largest absolute Gasteiger partial charge is 0.504 e. The van der Waals surface area contributed by atoms with Crippen molar-refractivity contribution in [2.24, 2.45) is 0 Å². The Morgan fingerprint density at radius 2 is 2.00 bits per heavy atom. The molecule has 0 aromatic heterocycles. The van der Waals surface area contributed by atoms with E-state index in [1.807, 2.05) is 0 Å². The molecular weight excluding hydrogens is 212 g/mol. The Morgan fingerprint density at radius 1 is 1.38 bits per heavy atom. The fourth-order valence-electron chi connectivity index (χ4n) is 1.36. The SMILES string of the molecule is CC(O)c1c(/C=C/C(=O)O)ccc(O)c1O. The van der Waals surface area contributed by atoms with Gasteiger partial charge in [-0.2, -0.15) is 0 Å². The Labute approximate surface area is 91.9 Å². The number of aliphatic hydroxyl groups is 1. The van der Waals surface area contributed by atoms with E-state index in [2.05, 4.69) is 0 Å². The second-order valence-electron chi connectivity index (χ2n) is 3.28. The summed E-state index contributed by atoms with van der Waals surface area (Å²) in [5.41, 5.74) is 0.435. The Hall–Kier alpha value is -2.01. The van der Waals surface area contributed by atoms with Crippen LogP contribution >= 0.6 is 0 Å². The smallest absolute Gasteiger partial charge is 0.328 e. The lowest BCUT2D eigenvalue weighted by Crippen LogP contribution is -1.96. The summed E-state index contributed by atoms with van der Waals surface area (Å²) in [5.74, 6) is -1.94. The minimum Gasteiger partial charge on any atom is -0.504 e. The van der Waals surface area contributed by atoms with E-state index in [4.69, 9.17) is 5.11 Å². The molecule has 16 heavy (non-hydrogen) atoms. The first-order valence-electron chi connectivity index (χ1n) is 4.57. The first kappa shape index (κ1) is 12.1. The summed E-state index contributed by atoms with van der Waals surface area (Å²) >= 11 is 0. The molecule has 1 rings (SSSR count). The number of aliphatic carboxylic acids is 1. The third-order valence-electron chi connectivity index (χ3n) is 2.05. The van der Waals surface area contributed by atoms with Crippen molar-refractivity contribution in [1.29, 1.82) is 0 Å². The van der Waals surface area contributed by atoms with Gasteiger partial charge in [0.2, 0.25) is 0 Å². The van der Waals surface area contributed by atoms with Crippen molar-refractivity contribution >= 4 is 12.0 Å². The number of aliphatic hydroxyl groups excluding tert-OH is 1. The Bertz CT molecular complexity index is 434. The molecule has 0 aliphatic heterocycles. The molecule has 0 saturated heterocycles. The van der Waals surface area contributed by atoms with Gasteiger partial charge in [0.25, 0.3) is 0 Å². The van der Waals surface area contributed by atoms with E-state index in [0.29, 0.717) is 5.56 Å². The lowest BCUT2D eigenvalue weighted by atomic mass is 10.0. The van der Waals surface area contributed by atoms with Crippen LogP contribution in [0.2, 0.25) is 0 Å². The first-order valence-corrected chi connectivity index (χ1v) is 4.57. The predicted molar refractivity (Wildman–Crippen MR) is 57.1 cm³/mol. The van der Waals surface area contributed by atoms with Gasteiger partial charge in [0.15, 0.2) is 11.5 Å². The van der Waals surface area contributed by atoms with Crippen LogP contribution < -0.4 is 0 Å². The first-order chi connectivity index (χ1) is 7.43. The molecule has 0 amide bonds. The summed E-state index contributed by atoms with van der Waals surface area (Å²) in [4.78, 5) is 10.3. The maximum atomic E-state index is 10.3. The number of carboxylic acids is 1. The van der Waals surface area contributed by atoms with Crippen molar-refractivity contribution in [3.63, 3.8) is 0 Å². The predicted octanol–water partition coefficient (Wildman–Crippen LogP) is 1.25. The van der Waals surface area contributed by atoms with E-state index >= 15 is 0 Å². The van der Waals surface area contributed by atoms with Crippen molar-refractivity contribution in [3.8, 4) is 11.5 Å². The van der Waals surface area contributed by atoms with Crippen LogP contribution in [0.15, 0.2) is 18.2 Å². The van der Waals surface area contributed by atoms with E-state index in [1.165, 1.54) is 25.1 Å².